The minimum absolute atomic E-state index is 0.696. The molecule has 0 atom stereocenters. The van der Waals surface area contributed by atoms with E-state index >= 15 is 0 Å². The van der Waals surface area contributed by atoms with E-state index in [-0.39, 0.29) is 0 Å². The van der Waals surface area contributed by atoms with Crippen molar-refractivity contribution in [1.82, 2.24) is 4.98 Å². The number of anilines is 1. The van der Waals surface area contributed by atoms with Gasteiger partial charge >= 0.3 is 0 Å². The molecule has 1 aromatic heterocycles. The monoisotopic (exact) mass is 244 g/mol. The van der Waals surface area contributed by atoms with Crippen molar-refractivity contribution < 1.29 is 9.47 Å². The van der Waals surface area contributed by atoms with Crippen molar-refractivity contribution in [3.8, 4) is 17.2 Å². The first-order valence-corrected chi connectivity index (χ1v) is 5.82. The molecule has 4 heteroatoms. The Morgan fingerprint density at radius 2 is 1.94 bits per heavy atom. The first kappa shape index (κ1) is 12.2. The quantitative estimate of drug-likeness (QED) is 0.876. The molecule has 0 bridgehead atoms. The molecule has 94 valence electrons. The fourth-order valence-electron chi connectivity index (χ4n) is 1.58. The van der Waals surface area contributed by atoms with Gasteiger partial charge in [-0.3, -0.25) is 4.98 Å². The Balaban J connectivity index is 2.14. The van der Waals surface area contributed by atoms with E-state index in [0.29, 0.717) is 5.75 Å². The van der Waals surface area contributed by atoms with Gasteiger partial charge in [-0.2, -0.15) is 0 Å². The highest BCUT2D eigenvalue weighted by Gasteiger charge is 2.01. The van der Waals surface area contributed by atoms with Crippen LogP contribution >= 0.6 is 0 Å². The second-order valence-corrected chi connectivity index (χ2v) is 3.72. The Bertz CT molecular complexity index is 515. The minimum atomic E-state index is 0.696. The lowest BCUT2D eigenvalue weighted by atomic mass is 10.3. The molecule has 1 heterocycles. The van der Waals surface area contributed by atoms with Crippen LogP contribution in [-0.4, -0.2) is 18.6 Å². The van der Waals surface area contributed by atoms with Crippen LogP contribution in [0.15, 0.2) is 42.7 Å². The Hall–Kier alpha value is -2.23. The van der Waals surface area contributed by atoms with Crippen molar-refractivity contribution in [2.45, 2.75) is 6.92 Å². The maximum absolute atomic E-state index is 5.73. The summed E-state index contributed by atoms with van der Waals surface area (Å²) in [6, 6.07) is 9.38. The third-order valence-electron chi connectivity index (χ3n) is 2.37. The summed E-state index contributed by atoms with van der Waals surface area (Å²) in [5.74, 6) is 2.19. The van der Waals surface area contributed by atoms with Gasteiger partial charge < -0.3 is 14.8 Å². The highest BCUT2D eigenvalue weighted by molar-refractivity contribution is 5.46. The van der Waals surface area contributed by atoms with E-state index in [4.69, 9.17) is 9.47 Å². The number of benzene rings is 1. The van der Waals surface area contributed by atoms with E-state index < -0.39 is 0 Å². The van der Waals surface area contributed by atoms with E-state index in [1.165, 1.54) is 0 Å². The SMILES string of the molecule is CCNc1cncc(Oc2cccc(OC)c2)c1. The van der Waals surface area contributed by atoms with Crippen LogP contribution in [0.1, 0.15) is 6.92 Å². The number of hydrogen-bond donors (Lipinski definition) is 1. The predicted molar refractivity (Wildman–Crippen MR) is 71.5 cm³/mol. The summed E-state index contributed by atoms with van der Waals surface area (Å²) < 4.78 is 10.9. The van der Waals surface area contributed by atoms with Gasteiger partial charge in [0.15, 0.2) is 0 Å². The molecule has 0 unspecified atom stereocenters. The first-order chi connectivity index (χ1) is 8.81. The van der Waals surface area contributed by atoms with E-state index in [1.54, 1.807) is 19.5 Å². The van der Waals surface area contributed by atoms with Crippen molar-refractivity contribution in [2.75, 3.05) is 19.0 Å². The number of rotatable bonds is 5. The van der Waals surface area contributed by atoms with Gasteiger partial charge in [-0.05, 0) is 19.1 Å². The summed E-state index contributed by atoms with van der Waals surface area (Å²) in [6.07, 6.45) is 3.45. The molecule has 1 N–H and O–H groups in total. The summed E-state index contributed by atoms with van der Waals surface area (Å²) in [6.45, 7) is 2.89. The summed E-state index contributed by atoms with van der Waals surface area (Å²) in [5.41, 5.74) is 0.942. The number of nitrogens with one attached hydrogen (secondary N) is 1. The zero-order valence-electron chi connectivity index (χ0n) is 10.5. The Kier molecular flexibility index (Phi) is 4.02. The summed E-state index contributed by atoms with van der Waals surface area (Å²) in [5, 5.41) is 3.19. The number of methoxy groups -OCH3 is 1. The maximum Gasteiger partial charge on any atom is 0.147 e. The van der Waals surface area contributed by atoms with Gasteiger partial charge in [0.05, 0.1) is 25.2 Å². The van der Waals surface area contributed by atoms with E-state index in [9.17, 15) is 0 Å². The minimum Gasteiger partial charge on any atom is -0.497 e. The molecule has 0 saturated carbocycles. The highest BCUT2D eigenvalue weighted by atomic mass is 16.5. The average Bonchev–Trinajstić information content (AvgIpc) is 2.40. The summed E-state index contributed by atoms with van der Waals surface area (Å²) in [7, 11) is 1.63. The molecule has 0 aliphatic carbocycles. The molecule has 0 spiro atoms. The van der Waals surface area contributed by atoms with E-state index in [1.807, 2.05) is 37.3 Å². The molecule has 0 aliphatic heterocycles. The molecular formula is C14H16N2O2. The zero-order chi connectivity index (χ0) is 12.8. The molecule has 0 amide bonds. The highest BCUT2D eigenvalue weighted by Crippen LogP contribution is 2.25. The van der Waals surface area contributed by atoms with Crippen LogP contribution in [0.2, 0.25) is 0 Å². The van der Waals surface area contributed by atoms with Crippen molar-refractivity contribution in [2.24, 2.45) is 0 Å². The van der Waals surface area contributed by atoms with Crippen LogP contribution in [0.25, 0.3) is 0 Å². The molecule has 2 rings (SSSR count). The largest absolute Gasteiger partial charge is 0.497 e. The topological polar surface area (TPSA) is 43.4 Å². The van der Waals surface area contributed by atoms with Gasteiger partial charge in [0.25, 0.3) is 0 Å². The molecule has 0 saturated heterocycles. The standard InChI is InChI=1S/C14H16N2O2/c1-3-16-11-7-14(10-15-9-11)18-13-6-4-5-12(8-13)17-2/h4-10,16H,3H2,1-2H3. The lowest BCUT2D eigenvalue weighted by Gasteiger charge is -2.08. The number of nitrogens with zero attached hydrogens (tertiary/aromatic N) is 1. The van der Waals surface area contributed by atoms with Crippen LogP contribution in [-0.2, 0) is 0 Å². The van der Waals surface area contributed by atoms with Crippen molar-refractivity contribution in [3.05, 3.63) is 42.7 Å². The van der Waals surface area contributed by atoms with Crippen LogP contribution < -0.4 is 14.8 Å². The maximum atomic E-state index is 5.73. The number of hydrogen-bond acceptors (Lipinski definition) is 4. The van der Waals surface area contributed by atoms with Crippen LogP contribution in [0.5, 0.6) is 17.2 Å². The predicted octanol–water partition coefficient (Wildman–Crippen LogP) is 3.31. The van der Waals surface area contributed by atoms with Crippen LogP contribution in [0, 0.1) is 0 Å². The smallest absolute Gasteiger partial charge is 0.147 e. The molecule has 2 aromatic rings. The Morgan fingerprint density at radius 1 is 1.11 bits per heavy atom. The second kappa shape index (κ2) is 5.91. The number of pyridine rings is 1. The van der Waals surface area contributed by atoms with Gasteiger partial charge in [-0.1, -0.05) is 6.07 Å². The molecule has 4 nitrogen and oxygen atoms in total. The third-order valence-corrected chi connectivity index (χ3v) is 2.37. The van der Waals surface area contributed by atoms with Crippen LogP contribution in [0.4, 0.5) is 5.69 Å². The molecule has 0 radical (unpaired) electrons. The molecule has 1 aromatic carbocycles. The van der Waals surface area contributed by atoms with E-state index in [2.05, 4.69) is 10.3 Å². The Labute approximate surface area is 107 Å². The molecular weight excluding hydrogens is 228 g/mol. The van der Waals surface area contributed by atoms with Gasteiger partial charge in [0.1, 0.15) is 17.2 Å². The molecule has 0 fully saturated rings. The first-order valence-electron chi connectivity index (χ1n) is 5.82. The van der Waals surface area contributed by atoms with Crippen molar-refractivity contribution in [3.63, 3.8) is 0 Å². The fourth-order valence-corrected chi connectivity index (χ4v) is 1.58. The molecule has 0 aliphatic rings. The molecule has 18 heavy (non-hydrogen) atoms. The Morgan fingerprint density at radius 3 is 2.72 bits per heavy atom. The normalized spacial score (nSPS) is 9.89. The van der Waals surface area contributed by atoms with Gasteiger partial charge in [-0.15, -0.1) is 0 Å². The summed E-state index contributed by atoms with van der Waals surface area (Å²) in [4.78, 5) is 4.12. The average molecular weight is 244 g/mol. The van der Waals surface area contributed by atoms with Crippen molar-refractivity contribution >= 4 is 5.69 Å². The number of ether oxygens (including phenoxy) is 2. The second-order valence-electron chi connectivity index (χ2n) is 3.72. The van der Waals surface area contributed by atoms with E-state index in [0.717, 1.165) is 23.7 Å². The lowest BCUT2D eigenvalue weighted by molar-refractivity contribution is 0.409. The van der Waals surface area contributed by atoms with Gasteiger partial charge in [0, 0.05) is 18.7 Å². The zero-order valence-corrected chi connectivity index (χ0v) is 10.5. The summed E-state index contributed by atoms with van der Waals surface area (Å²) >= 11 is 0. The fraction of sp³-hybridized carbons (Fsp3) is 0.214. The number of aromatic nitrogens is 1. The van der Waals surface area contributed by atoms with Crippen LogP contribution in [0.3, 0.4) is 0 Å². The van der Waals surface area contributed by atoms with Gasteiger partial charge in [-0.25, -0.2) is 0 Å². The van der Waals surface area contributed by atoms with Crippen molar-refractivity contribution in [1.29, 1.82) is 0 Å². The van der Waals surface area contributed by atoms with Gasteiger partial charge in [0.2, 0.25) is 0 Å². The third kappa shape index (κ3) is 3.13. The lowest BCUT2D eigenvalue weighted by Crippen LogP contribution is -1.97.